The quantitative estimate of drug-likeness (QED) is 0.158. The molecule has 0 bridgehead atoms. The van der Waals surface area contributed by atoms with Gasteiger partial charge in [0.2, 0.25) is 5.88 Å². The van der Waals surface area contributed by atoms with Gasteiger partial charge in [-0.15, -0.1) is 0 Å². The number of pyridine rings is 2. The molecule has 0 saturated carbocycles. The average Bonchev–Trinajstić information content (AvgIpc) is 3.79. The van der Waals surface area contributed by atoms with Gasteiger partial charge >= 0.3 is 12.2 Å². The molecule has 12 nitrogen and oxygen atoms in total. The Balaban J connectivity index is 1.10. The number of carbonyl (C=O) groups excluding carboxylic acids is 1. The fourth-order valence-electron chi connectivity index (χ4n) is 8.49. The van der Waals surface area contributed by atoms with Crippen LogP contribution in [0.3, 0.4) is 0 Å². The number of β-amino-alcohol motifs (C(OH)–C–C–N with tert-alkyl or cyclic N) is 1. The Morgan fingerprint density at radius 2 is 1.82 bits per heavy atom. The van der Waals surface area contributed by atoms with E-state index in [-0.39, 0.29) is 40.8 Å². The maximum absolute atomic E-state index is 13.9. The van der Waals surface area contributed by atoms with Crippen molar-refractivity contribution in [3.8, 4) is 28.3 Å². The Morgan fingerprint density at radius 1 is 1.07 bits per heavy atom. The van der Waals surface area contributed by atoms with Crippen LogP contribution in [0.5, 0.6) is 5.88 Å². The lowest BCUT2D eigenvalue weighted by molar-refractivity contribution is -0.141. The van der Waals surface area contributed by atoms with E-state index < -0.39 is 17.4 Å². The third-order valence-electron chi connectivity index (χ3n) is 11.4. The molecule has 1 spiro atoms. The predicted octanol–water partition coefficient (Wildman–Crippen LogP) is 6.63. The van der Waals surface area contributed by atoms with E-state index in [0.717, 1.165) is 66.2 Å². The zero-order chi connectivity index (χ0) is 39.5. The number of carbonyl (C=O) groups is 1. The van der Waals surface area contributed by atoms with Crippen LogP contribution in [0.15, 0.2) is 59.5 Å². The number of likely N-dealkylation sites (tertiary alicyclic amines) is 1. The Kier molecular flexibility index (Phi) is 9.66. The number of anilines is 2. The van der Waals surface area contributed by atoms with Gasteiger partial charge in [0.25, 0.3) is 5.56 Å². The molecule has 3 N–H and O–H groups in total. The van der Waals surface area contributed by atoms with Crippen molar-refractivity contribution in [2.45, 2.75) is 50.4 Å². The van der Waals surface area contributed by atoms with Crippen molar-refractivity contribution in [1.82, 2.24) is 34.9 Å². The molecule has 292 valence electrons. The Morgan fingerprint density at radius 3 is 2.57 bits per heavy atom. The number of methoxy groups -OCH3 is 1. The van der Waals surface area contributed by atoms with E-state index in [9.17, 15) is 27.9 Å². The number of hydrogen-bond acceptors (Lipinski definition) is 9. The summed E-state index contributed by atoms with van der Waals surface area (Å²) in [7, 11) is 3.03. The van der Waals surface area contributed by atoms with Gasteiger partial charge in [-0.3, -0.25) is 9.69 Å². The Bertz CT molecular complexity index is 2440. The van der Waals surface area contributed by atoms with E-state index in [1.165, 1.54) is 13.2 Å². The second-order valence-electron chi connectivity index (χ2n) is 14.7. The molecule has 5 heterocycles. The number of nitrogens with zero attached hydrogens (tertiary/aromatic N) is 6. The number of benzene rings is 2. The van der Waals surface area contributed by atoms with Crippen LogP contribution in [0.2, 0.25) is 5.02 Å². The molecule has 1 aliphatic carbocycles. The fourth-order valence-corrected chi connectivity index (χ4v) is 8.81. The number of aliphatic hydroxyl groups is 1. The predicted molar refractivity (Wildman–Crippen MR) is 206 cm³/mol. The second-order valence-corrected chi connectivity index (χ2v) is 15.1. The zero-order valence-corrected chi connectivity index (χ0v) is 31.8. The summed E-state index contributed by atoms with van der Waals surface area (Å²) in [6.07, 6.45) is -0.193. The lowest BCUT2D eigenvalue weighted by Gasteiger charge is -2.40. The third kappa shape index (κ3) is 6.60. The smallest absolute Gasteiger partial charge is 0.433 e. The number of aryl methyl sites for hydroxylation is 2. The highest BCUT2D eigenvalue weighted by molar-refractivity contribution is 6.36. The first-order chi connectivity index (χ1) is 26.8. The van der Waals surface area contributed by atoms with Gasteiger partial charge in [-0.05, 0) is 67.5 Å². The molecule has 3 aliphatic rings. The highest BCUT2D eigenvalue weighted by atomic mass is 35.5. The van der Waals surface area contributed by atoms with Gasteiger partial charge in [0.05, 0.1) is 41.6 Å². The molecule has 8 rings (SSSR count). The number of alkyl halides is 3. The third-order valence-corrected chi connectivity index (χ3v) is 11.8. The summed E-state index contributed by atoms with van der Waals surface area (Å²) in [4.78, 5) is 38.8. The second kappa shape index (κ2) is 14.4. The number of ether oxygens (including phenoxy) is 1. The number of fused-ring (bicyclic) bond motifs is 2. The molecule has 2 amide bonds. The summed E-state index contributed by atoms with van der Waals surface area (Å²) in [5.41, 5.74) is 3.96. The van der Waals surface area contributed by atoms with Gasteiger partial charge in [0, 0.05) is 67.0 Å². The number of rotatable bonds is 8. The van der Waals surface area contributed by atoms with Crippen LogP contribution in [-0.2, 0) is 19.6 Å². The van der Waals surface area contributed by atoms with Gasteiger partial charge in [-0.25, -0.2) is 19.4 Å². The summed E-state index contributed by atoms with van der Waals surface area (Å²) in [5, 5.41) is 19.9. The van der Waals surface area contributed by atoms with Crippen molar-refractivity contribution < 1.29 is 27.8 Å². The monoisotopic (exact) mass is 788 g/mol. The minimum absolute atomic E-state index is 0.0134. The summed E-state index contributed by atoms with van der Waals surface area (Å²) in [6, 6.07) is 13.8. The van der Waals surface area contributed by atoms with E-state index in [0.29, 0.717) is 52.1 Å². The highest BCUT2D eigenvalue weighted by Gasteiger charge is 2.46. The number of aromatic nitrogens is 4. The molecule has 2 fully saturated rings. The maximum atomic E-state index is 13.9. The molecule has 0 unspecified atom stereocenters. The molecule has 2 aromatic carbocycles. The van der Waals surface area contributed by atoms with E-state index in [4.69, 9.17) is 21.3 Å². The van der Waals surface area contributed by atoms with Crippen molar-refractivity contribution in [2.75, 3.05) is 45.2 Å². The van der Waals surface area contributed by atoms with Crippen molar-refractivity contribution in [2.24, 2.45) is 7.05 Å². The fraction of sp³-hybridized carbons (Fsp3) is 0.375. The number of urea groups is 1. The average molecular weight is 789 g/mol. The van der Waals surface area contributed by atoms with Crippen LogP contribution in [0.1, 0.15) is 47.7 Å². The molecule has 2 saturated heterocycles. The standard InChI is InChI=1S/C40H40ClF3N8O4/c1-22-25(6-5-9-28(22)46-35-33-24(20-45-50(2)37(33)54)19-31(48-35)40(42,43)44)26-7-4-8-27(34(26)41)29-18-23-10-11-30(32(23)36(47-29)56-3)52-15-13-39(21-52)12-14-51(16-17-53)38(55)49-39/h4-9,18-20,30,53H,10-17,21H2,1-3H3,(H,46,48)(H,49,55)/t30-,39-/m0/s1. The van der Waals surface area contributed by atoms with Crippen molar-refractivity contribution >= 4 is 39.9 Å². The lowest BCUT2D eigenvalue weighted by atomic mass is 9.92. The Hall–Kier alpha value is -5.25. The minimum Gasteiger partial charge on any atom is -0.481 e. The summed E-state index contributed by atoms with van der Waals surface area (Å²) in [6.45, 7) is 4.23. The normalized spacial score (nSPS) is 19.8. The van der Waals surface area contributed by atoms with E-state index in [1.807, 2.05) is 31.2 Å². The van der Waals surface area contributed by atoms with Crippen LogP contribution < -0.4 is 20.9 Å². The van der Waals surface area contributed by atoms with Gasteiger partial charge < -0.3 is 25.4 Å². The molecule has 56 heavy (non-hydrogen) atoms. The van der Waals surface area contributed by atoms with Crippen LogP contribution in [-0.4, -0.2) is 86.1 Å². The minimum atomic E-state index is -4.75. The summed E-state index contributed by atoms with van der Waals surface area (Å²) >= 11 is 7.20. The summed E-state index contributed by atoms with van der Waals surface area (Å²) in [5.74, 6) is 0.289. The van der Waals surface area contributed by atoms with Crippen molar-refractivity contribution in [3.63, 3.8) is 0 Å². The molecule has 16 heteroatoms. The largest absolute Gasteiger partial charge is 0.481 e. The number of amides is 2. The van der Waals surface area contributed by atoms with E-state index in [2.05, 4.69) is 31.7 Å². The Labute approximate surface area is 325 Å². The maximum Gasteiger partial charge on any atom is 0.433 e. The number of aliphatic hydroxyl groups excluding tert-OH is 1. The molecular weight excluding hydrogens is 749 g/mol. The topological polar surface area (TPSA) is 138 Å². The van der Waals surface area contributed by atoms with Crippen LogP contribution in [0, 0.1) is 6.92 Å². The first-order valence-corrected chi connectivity index (χ1v) is 18.8. The lowest BCUT2D eigenvalue weighted by Crippen LogP contribution is -2.61. The summed E-state index contributed by atoms with van der Waals surface area (Å²) < 4.78 is 48.6. The van der Waals surface area contributed by atoms with Crippen LogP contribution in [0.25, 0.3) is 33.2 Å². The van der Waals surface area contributed by atoms with E-state index in [1.54, 1.807) is 24.1 Å². The zero-order valence-electron chi connectivity index (χ0n) is 31.0. The van der Waals surface area contributed by atoms with Gasteiger partial charge in [-0.2, -0.15) is 18.3 Å². The number of halogens is 4. The van der Waals surface area contributed by atoms with Gasteiger partial charge in [0.1, 0.15) is 11.5 Å². The molecule has 3 aromatic heterocycles. The first kappa shape index (κ1) is 37.7. The highest BCUT2D eigenvalue weighted by Crippen LogP contribution is 2.47. The first-order valence-electron chi connectivity index (χ1n) is 18.4. The van der Waals surface area contributed by atoms with Gasteiger partial charge in [0.15, 0.2) is 0 Å². The molecule has 5 aromatic rings. The van der Waals surface area contributed by atoms with Gasteiger partial charge in [-0.1, -0.05) is 41.9 Å². The molecule has 0 radical (unpaired) electrons. The van der Waals surface area contributed by atoms with Crippen LogP contribution >= 0.6 is 11.6 Å². The van der Waals surface area contributed by atoms with Crippen LogP contribution in [0.4, 0.5) is 29.5 Å². The molecule has 2 aliphatic heterocycles. The SMILES string of the molecule is COc1nc(-c2cccc(-c3cccc(Nc4nc(C(F)(F)F)cc5cnn(C)c(=O)c45)c3C)c2Cl)cc2c1[C@@H](N1CC[C@@]3(CCN(CCO)C(=O)N3)C1)CC2. The van der Waals surface area contributed by atoms with E-state index >= 15 is 0 Å². The van der Waals surface area contributed by atoms with Crippen molar-refractivity contribution in [3.05, 3.63) is 92.5 Å². The molecular formula is C40H40ClF3N8O4. The number of hydrogen-bond donors (Lipinski definition) is 3. The molecule has 2 atom stereocenters. The number of nitrogens with one attached hydrogen (secondary N) is 2. The van der Waals surface area contributed by atoms with Crippen molar-refractivity contribution in [1.29, 1.82) is 0 Å².